The van der Waals surface area contributed by atoms with Gasteiger partial charge in [-0.1, -0.05) is 29.8 Å². The average molecular weight is 259 g/mol. The van der Waals surface area contributed by atoms with Crippen molar-refractivity contribution in [3.8, 4) is 6.07 Å². The molecule has 0 fully saturated rings. The lowest BCUT2D eigenvalue weighted by molar-refractivity contribution is -0.145. The number of aryl methyl sites for hydroxylation is 1. The van der Waals surface area contributed by atoms with Crippen molar-refractivity contribution in [1.82, 2.24) is 0 Å². The third-order valence-electron chi connectivity index (χ3n) is 2.70. The van der Waals surface area contributed by atoms with Gasteiger partial charge in [0.2, 0.25) is 0 Å². The number of Topliss-reactive ketones (excluding diaryl/α,β-unsaturated/α-hetero) is 1. The average Bonchev–Trinajstić information content (AvgIpc) is 2.35. The summed E-state index contributed by atoms with van der Waals surface area (Å²) in [5.74, 6) is -1.06. The largest absolute Gasteiger partial charge is 0.465 e. The van der Waals surface area contributed by atoms with E-state index in [4.69, 9.17) is 10.00 Å². The minimum atomic E-state index is -0.534. The lowest BCUT2D eigenvalue weighted by atomic mass is 9.97. The molecule has 0 radical (unpaired) electrons. The highest BCUT2D eigenvalue weighted by atomic mass is 16.5. The molecule has 1 aromatic carbocycles. The van der Waals surface area contributed by atoms with Gasteiger partial charge in [-0.25, -0.2) is 0 Å². The molecule has 1 rings (SSSR count). The molecule has 1 aromatic rings. The highest BCUT2D eigenvalue weighted by molar-refractivity contribution is 5.94. The summed E-state index contributed by atoms with van der Waals surface area (Å²) in [6, 6.07) is 9.89. The molecule has 0 aromatic heterocycles. The summed E-state index contributed by atoms with van der Waals surface area (Å²) < 4.78 is 4.92. The topological polar surface area (TPSA) is 67.2 Å². The highest BCUT2D eigenvalue weighted by Gasteiger charge is 2.12. The Labute approximate surface area is 113 Å². The van der Waals surface area contributed by atoms with E-state index in [1.807, 2.05) is 31.2 Å². The third-order valence-corrected chi connectivity index (χ3v) is 2.70. The Hall–Kier alpha value is -2.15. The van der Waals surface area contributed by atoms with Crippen molar-refractivity contribution in [3.05, 3.63) is 35.4 Å². The quantitative estimate of drug-likeness (QED) is 0.581. The second kappa shape index (κ2) is 7.32. The molecule has 0 aliphatic heterocycles. The number of carbonyl (C=O) groups is 2. The van der Waals surface area contributed by atoms with Gasteiger partial charge in [0.1, 0.15) is 12.2 Å². The maximum absolute atomic E-state index is 11.2. The minimum Gasteiger partial charge on any atom is -0.465 e. The number of nitrogens with zero attached hydrogens (tertiary/aromatic N) is 1. The maximum atomic E-state index is 11.2. The molecule has 0 N–H and O–H groups in total. The summed E-state index contributed by atoms with van der Waals surface area (Å²) in [5.41, 5.74) is 2.05. The van der Waals surface area contributed by atoms with Crippen LogP contribution in [0.25, 0.3) is 0 Å². The van der Waals surface area contributed by atoms with Gasteiger partial charge in [-0.15, -0.1) is 0 Å². The predicted molar refractivity (Wildman–Crippen MR) is 70.4 cm³/mol. The summed E-state index contributed by atoms with van der Waals surface area (Å²) >= 11 is 0. The number of esters is 1. The van der Waals surface area contributed by atoms with Crippen molar-refractivity contribution in [1.29, 1.82) is 5.26 Å². The zero-order valence-electron chi connectivity index (χ0n) is 11.2. The van der Waals surface area contributed by atoms with Gasteiger partial charge in [0.25, 0.3) is 0 Å². The van der Waals surface area contributed by atoms with Gasteiger partial charge in [-0.2, -0.15) is 5.26 Å². The maximum Gasteiger partial charge on any atom is 0.313 e. The van der Waals surface area contributed by atoms with E-state index in [0.29, 0.717) is 6.42 Å². The van der Waals surface area contributed by atoms with E-state index in [1.165, 1.54) is 6.92 Å². The summed E-state index contributed by atoms with van der Waals surface area (Å²) in [6.07, 6.45) is 0.227. The summed E-state index contributed by atoms with van der Waals surface area (Å²) in [7, 11) is 0. The number of carbonyl (C=O) groups excluding carboxylic acids is 2. The third kappa shape index (κ3) is 5.35. The van der Waals surface area contributed by atoms with Crippen LogP contribution < -0.4 is 0 Å². The zero-order chi connectivity index (χ0) is 14.3. The highest BCUT2D eigenvalue weighted by Crippen LogP contribution is 2.19. The van der Waals surface area contributed by atoms with E-state index in [2.05, 4.69) is 6.07 Å². The molecule has 19 heavy (non-hydrogen) atoms. The first-order valence-corrected chi connectivity index (χ1v) is 6.14. The molecular weight excluding hydrogens is 242 g/mol. The molecule has 0 aliphatic rings. The number of rotatable bonds is 6. The molecule has 0 aliphatic carbocycles. The van der Waals surface area contributed by atoms with Gasteiger partial charge >= 0.3 is 5.97 Å². The van der Waals surface area contributed by atoms with Gasteiger partial charge in [0, 0.05) is 6.42 Å². The molecule has 4 nitrogen and oxygen atoms in total. The molecule has 1 atom stereocenters. The molecule has 100 valence electrons. The Morgan fingerprint density at radius 3 is 2.47 bits per heavy atom. The molecule has 0 heterocycles. The van der Waals surface area contributed by atoms with Crippen LogP contribution in [-0.4, -0.2) is 18.4 Å². The van der Waals surface area contributed by atoms with Crippen molar-refractivity contribution in [3.63, 3.8) is 0 Å². The Kier molecular flexibility index (Phi) is 5.74. The number of benzene rings is 1. The van der Waals surface area contributed by atoms with E-state index >= 15 is 0 Å². The normalized spacial score (nSPS) is 11.4. The number of hydrogen-bond donors (Lipinski definition) is 0. The van der Waals surface area contributed by atoms with Crippen LogP contribution in [0.4, 0.5) is 0 Å². The van der Waals surface area contributed by atoms with Crippen LogP contribution in [-0.2, 0) is 14.3 Å². The number of ketones is 1. The van der Waals surface area contributed by atoms with Crippen molar-refractivity contribution in [2.45, 2.75) is 32.6 Å². The van der Waals surface area contributed by atoms with Gasteiger partial charge in [0.15, 0.2) is 0 Å². The van der Waals surface area contributed by atoms with Crippen molar-refractivity contribution < 1.29 is 14.3 Å². The van der Waals surface area contributed by atoms with Crippen molar-refractivity contribution in [2.24, 2.45) is 0 Å². The van der Waals surface area contributed by atoms with Crippen LogP contribution >= 0.6 is 0 Å². The summed E-state index contributed by atoms with van der Waals surface area (Å²) in [4.78, 5) is 21.9. The first-order chi connectivity index (χ1) is 9.02. The van der Waals surface area contributed by atoms with Crippen LogP contribution in [0.1, 0.15) is 36.8 Å². The fourth-order valence-corrected chi connectivity index (χ4v) is 1.65. The fraction of sp³-hybridized carbons (Fsp3) is 0.400. The van der Waals surface area contributed by atoms with Crippen LogP contribution in [0.15, 0.2) is 24.3 Å². The summed E-state index contributed by atoms with van der Waals surface area (Å²) in [5, 5.41) is 9.11. The monoisotopic (exact) mass is 259 g/mol. The van der Waals surface area contributed by atoms with Gasteiger partial charge in [0.05, 0.1) is 18.6 Å². The van der Waals surface area contributed by atoms with E-state index in [0.717, 1.165) is 11.1 Å². The Bertz CT molecular complexity index is 485. The summed E-state index contributed by atoms with van der Waals surface area (Å²) in [6.45, 7) is 3.47. The second-order valence-electron chi connectivity index (χ2n) is 4.48. The molecule has 0 saturated heterocycles. The van der Waals surface area contributed by atoms with Gasteiger partial charge in [-0.3, -0.25) is 9.59 Å². The molecule has 0 bridgehead atoms. The minimum absolute atomic E-state index is 0.151. The fourth-order valence-electron chi connectivity index (χ4n) is 1.65. The Morgan fingerprint density at radius 2 is 1.95 bits per heavy atom. The standard InChI is InChI=1S/C15H17NO3/c1-11-3-5-13(6-4-11)14(10-16)7-8-19-15(18)9-12(2)17/h3-6,14H,7-9H2,1-2H3. The molecule has 0 spiro atoms. The first kappa shape index (κ1) is 14.9. The molecule has 1 unspecified atom stereocenters. The van der Waals surface area contributed by atoms with Crippen molar-refractivity contribution in [2.75, 3.05) is 6.61 Å². The number of ether oxygens (including phenoxy) is 1. The van der Waals surface area contributed by atoms with Crippen LogP contribution in [0, 0.1) is 18.3 Å². The molecular formula is C15H17NO3. The van der Waals surface area contributed by atoms with Crippen LogP contribution in [0.3, 0.4) is 0 Å². The number of nitriles is 1. The first-order valence-electron chi connectivity index (χ1n) is 6.14. The van der Waals surface area contributed by atoms with Crippen LogP contribution in [0.2, 0.25) is 0 Å². The lowest BCUT2D eigenvalue weighted by Gasteiger charge is -2.10. The molecule has 0 amide bonds. The lowest BCUT2D eigenvalue weighted by Crippen LogP contribution is -2.11. The van der Waals surface area contributed by atoms with Gasteiger partial charge < -0.3 is 4.74 Å². The number of hydrogen-bond acceptors (Lipinski definition) is 4. The van der Waals surface area contributed by atoms with E-state index in [-0.39, 0.29) is 24.7 Å². The van der Waals surface area contributed by atoms with E-state index in [9.17, 15) is 9.59 Å². The van der Waals surface area contributed by atoms with Crippen LogP contribution in [0.5, 0.6) is 0 Å². The molecule has 4 heteroatoms. The SMILES string of the molecule is CC(=O)CC(=O)OCCC(C#N)c1ccc(C)cc1. The van der Waals surface area contributed by atoms with E-state index in [1.54, 1.807) is 0 Å². The smallest absolute Gasteiger partial charge is 0.313 e. The predicted octanol–water partition coefficient (Wildman–Crippen LogP) is 2.51. The molecule has 0 saturated carbocycles. The second-order valence-corrected chi connectivity index (χ2v) is 4.48. The Balaban J connectivity index is 2.46. The van der Waals surface area contributed by atoms with Gasteiger partial charge in [-0.05, 0) is 19.4 Å². The Morgan fingerprint density at radius 1 is 1.32 bits per heavy atom. The van der Waals surface area contributed by atoms with Crippen molar-refractivity contribution >= 4 is 11.8 Å². The zero-order valence-corrected chi connectivity index (χ0v) is 11.2. The van der Waals surface area contributed by atoms with E-state index < -0.39 is 5.97 Å².